The molecule has 7 heteroatoms. The lowest BCUT2D eigenvalue weighted by molar-refractivity contribution is -0.140. The van der Waals surface area contributed by atoms with Gasteiger partial charge in [-0.25, -0.2) is 0 Å². The van der Waals surface area contributed by atoms with E-state index in [1.807, 2.05) is 18.2 Å². The van der Waals surface area contributed by atoms with E-state index in [2.05, 4.69) is 10.6 Å². The molecule has 1 amide bonds. The zero-order valence-electron chi connectivity index (χ0n) is 14.2. The van der Waals surface area contributed by atoms with Crippen LogP contribution in [-0.2, 0) is 30.6 Å². The smallest absolute Gasteiger partial charge is 0.419 e. The highest BCUT2D eigenvalue weighted by Crippen LogP contribution is 2.36. The molecule has 0 aliphatic carbocycles. The summed E-state index contributed by atoms with van der Waals surface area (Å²) in [5.41, 5.74) is 2.47. The molecule has 0 spiro atoms. The van der Waals surface area contributed by atoms with E-state index in [-0.39, 0.29) is 5.75 Å². The zero-order valence-corrected chi connectivity index (χ0v) is 14.2. The number of halogens is 3. The van der Waals surface area contributed by atoms with Crippen LogP contribution in [0.25, 0.3) is 0 Å². The van der Waals surface area contributed by atoms with Gasteiger partial charge in [0.1, 0.15) is 5.75 Å². The summed E-state index contributed by atoms with van der Waals surface area (Å²) in [4.78, 5) is 12.2. The Balaban J connectivity index is 1.60. The van der Waals surface area contributed by atoms with Gasteiger partial charge in [-0.3, -0.25) is 4.79 Å². The number of rotatable bonds is 5. The summed E-state index contributed by atoms with van der Waals surface area (Å²) >= 11 is 0. The molecule has 0 bridgehead atoms. The highest BCUT2D eigenvalue weighted by Gasteiger charge is 2.34. The van der Waals surface area contributed by atoms with Gasteiger partial charge in [0, 0.05) is 19.6 Å². The molecular formula is C19H19F3N2O2. The van der Waals surface area contributed by atoms with Gasteiger partial charge in [0.2, 0.25) is 0 Å². The molecule has 0 saturated heterocycles. The van der Waals surface area contributed by atoms with Gasteiger partial charge in [0.15, 0.2) is 6.10 Å². The minimum atomic E-state index is -4.54. The first-order chi connectivity index (χ1) is 12.3. The maximum absolute atomic E-state index is 13.0. The van der Waals surface area contributed by atoms with Crippen molar-refractivity contribution in [2.45, 2.75) is 38.8 Å². The zero-order chi connectivity index (χ0) is 18.7. The van der Waals surface area contributed by atoms with Gasteiger partial charge >= 0.3 is 6.18 Å². The molecule has 1 atom stereocenters. The summed E-state index contributed by atoms with van der Waals surface area (Å²) < 4.78 is 44.2. The van der Waals surface area contributed by atoms with E-state index in [4.69, 9.17) is 4.74 Å². The van der Waals surface area contributed by atoms with Crippen molar-refractivity contribution >= 4 is 5.91 Å². The van der Waals surface area contributed by atoms with E-state index in [1.165, 1.54) is 36.2 Å². The second-order valence-corrected chi connectivity index (χ2v) is 6.18. The van der Waals surface area contributed by atoms with Gasteiger partial charge in [0.05, 0.1) is 5.56 Å². The van der Waals surface area contributed by atoms with E-state index >= 15 is 0 Å². The van der Waals surface area contributed by atoms with Crippen LogP contribution >= 0.6 is 0 Å². The van der Waals surface area contributed by atoms with E-state index in [1.54, 1.807) is 0 Å². The Morgan fingerprint density at radius 2 is 1.92 bits per heavy atom. The van der Waals surface area contributed by atoms with E-state index in [9.17, 15) is 18.0 Å². The second-order valence-electron chi connectivity index (χ2n) is 6.18. The molecule has 3 rings (SSSR count). The van der Waals surface area contributed by atoms with Crippen LogP contribution in [-0.4, -0.2) is 12.0 Å². The maximum Gasteiger partial charge on any atom is 0.419 e. The number of hydrogen-bond acceptors (Lipinski definition) is 3. The molecule has 0 aromatic heterocycles. The highest BCUT2D eigenvalue weighted by atomic mass is 19.4. The van der Waals surface area contributed by atoms with E-state index in [0.717, 1.165) is 24.7 Å². The number of hydrogen-bond donors (Lipinski definition) is 2. The molecule has 1 aliphatic rings. The molecule has 0 radical (unpaired) electrons. The molecule has 0 fully saturated rings. The van der Waals surface area contributed by atoms with Crippen molar-refractivity contribution in [3.8, 4) is 5.75 Å². The fourth-order valence-electron chi connectivity index (χ4n) is 2.84. The van der Waals surface area contributed by atoms with Crippen LogP contribution in [0.15, 0.2) is 42.5 Å². The van der Waals surface area contributed by atoms with Crippen molar-refractivity contribution in [2.75, 3.05) is 0 Å². The Bertz CT molecular complexity index is 806. The van der Waals surface area contributed by atoms with Crippen molar-refractivity contribution in [3.63, 3.8) is 0 Å². The normalized spacial score (nSPS) is 14.6. The summed E-state index contributed by atoms with van der Waals surface area (Å²) in [7, 11) is 0. The number of amides is 1. The number of fused-ring (bicyclic) bond motifs is 1. The first-order valence-corrected chi connectivity index (χ1v) is 8.26. The number of benzene rings is 2. The van der Waals surface area contributed by atoms with Gasteiger partial charge in [-0.2, -0.15) is 13.2 Å². The number of nitrogens with one attached hydrogen (secondary N) is 2. The van der Waals surface area contributed by atoms with Gasteiger partial charge in [-0.05, 0) is 35.7 Å². The van der Waals surface area contributed by atoms with Crippen LogP contribution in [0.3, 0.4) is 0 Å². The Labute approximate surface area is 149 Å². The van der Waals surface area contributed by atoms with Crippen LogP contribution in [0.5, 0.6) is 5.75 Å². The monoisotopic (exact) mass is 364 g/mol. The number of carbonyl (C=O) groups excluding carboxylic acids is 1. The predicted molar refractivity (Wildman–Crippen MR) is 90.4 cm³/mol. The molecule has 2 aromatic carbocycles. The summed E-state index contributed by atoms with van der Waals surface area (Å²) in [5.74, 6) is -0.827. The Morgan fingerprint density at radius 3 is 2.69 bits per heavy atom. The third-order valence-corrected chi connectivity index (χ3v) is 4.23. The van der Waals surface area contributed by atoms with Gasteiger partial charge in [0.25, 0.3) is 5.91 Å². The Kier molecular flexibility index (Phi) is 5.18. The van der Waals surface area contributed by atoms with Gasteiger partial charge in [-0.15, -0.1) is 0 Å². The topological polar surface area (TPSA) is 50.4 Å². The molecule has 1 unspecified atom stereocenters. The van der Waals surface area contributed by atoms with Crippen molar-refractivity contribution in [3.05, 3.63) is 64.7 Å². The third-order valence-electron chi connectivity index (χ3n) is 4.23. The van der Waals surface area contributed by atoms with Crippen LogP contribution in [0.4, 0.5) is 13.2 Å². The third kappa shape index (κ3) is 4.16. The lowest BCUT2D eigenvalue weighted by Gasteiger charge is -2.18. The van der Waals surface area contributed by atoms with Crippen molar-refractivity contribution in [2.24, 2.45) is 0 Å². The summed E-state index contributed by atoms with van der Waals surface area (Å²) in [6, 6.07) is 10.8. The fraction of sp³-hybridized carbons (Fsp3) is 0.316. The Morgan fingerprint density at radius 1 is 1.19 bits per heavy atom. The number of para-hydroxylation sites is 1. The molecule has 138 valence electrons. The SMILES string of the molecule is CC(Oc1ccccc1C(F)(F)F)C(=O)NCc1ccc2c(c1)CNC2. The van der Waals surface area contributed by atoms with Crippen molar-refractivity contribution in [1.82, 2.24) is 10.6 Å². The largest absolute Gasteiger partial charge is 0.480 e. The molecule has 2 aromatic rings. The molecule has 1 heterocycles. The lowest BCUT2D eigenvalue weighted by Crippen LogP contribution is -2.36. The van der Waals surface area contributed by atoms with Gasteiger partial charge in [-0.1, -0.05) is 30.3 Å². The molecular weight excluding hydrogens is 345 g/mol. The molecule has 2 N–H and O–H groups in total. The minimum absolute atomic E-state index is 0.292. The average Bonchev–Trinajstić information content (AvgIpc) is 3.06. The highest BCUT2D eigenvalue weighted by molar-refractivity contribution is 5.80. The summed E-state index contributed by atoms with van der Waals surface area (Å²) in [6.45, 7) is 3.35. The van der Waals surface area contributed by atoms with Crippen molar-refractivity contribution in [1.29, 1.82) is 0 Å². The Hall–Kier alpha value is -2.54. The number of alkyl halides is 3. The number of ether oxygens (including phenoxy) is 1. The molecule has 26 heavy (non-hydrogen) atoms. The second kappa shape index (κ2) is 7.37. The average molecular weight is 364 g/mol. The quantitative estimate of drug-likeness (QED) is 0.855. The first-order valence-electron chi connectivity index (χ1n) is 8.26. The van der Waals surface area contributed by atoms with Crippen LogP contribution in [0.1, 0.15) is 29.2 Å². The maximum atomic E-state index is 13.0. The number of carbonyl (C=O) groups is 1. The molecule has 4 nitrogen and oxygen atoms in total. The lowest BCUT2D eigenvalue weighted by atomic mass is 10.1. The first kappa shape index (κ1) is 18.3. The van der Waals surface area contributed by atoms with Crippen LogP contribution in [0.2, 0.25) is 0 Å². The standard InChI is InChI=1S/C19H19F3N2O2/c1-12(26-17-5-3-2-4-16(17)19(20,21)22)18(25)24-9-13-6-7-14-10-23-11-15(14)8-13/h2-8,12,23H,9-11H2,1H3,(H,24,25). The van der Waals surface area contributed by atoms with Crippen molar-refractivity contribution < 1.29 is 22.7 Å². The minimum Gasteiger partial charge on any atom is -0.480 e. The van der Waals surface area contributed by atoms with E-state index < -0.39 is 23.8 Å². The van der Waals surface area contributed by atoms with Gasteiger partial charge < -0.3 is 15.4 Å². The molecule has 1 aliphatic heterocycles. The van der Waals surface area contributed by atoms with Crippen LogP contribution in [0, 0.1) is 0 Å². The predicted octanol–water partition coefficient (Wildman–Crippen LogP) is 3.39. The van der Waals surface area contributed by atoms with E-state index in [0.29, 0.717) is 6.54 Å². The van der Waals surface area contributed by atoms with Crippen LogP contribution < -0.4 is 15.4 Å². The fourth-order valence-corrected chi connectivity index (χ4v) is 2.84. The molecule has 0 saturated carbocycles. The summed E-state index contributed by atoms with van der Waals surface area (Å²) in [5, 5.41) is 5.95. The summed E-state index contributed by atoms with van der Waals surface area (Å²) in [6.07, 6.45) is -5.58.